The smallest absolute Gasteiger partial charge is 0.241 e. The van der Waals surface area contributed by atoms with E-state index >= 15 is 0 Å². The third kappa shape index (κ3) is 2.87. The lowest BCUT2D eigenvalue weighted by molar-refractivity contribution is 0.313. The van der Waals surface area contributed by atoms with Crippen LogP contribution in [0, 0.1) is 6.92 Å². The van der Waals surface area contributed by atoms with Crippen LogP contribution in [0.4, 0.5) is 0 Å². The van der Waals surface area contributed by atoms with Crippen molar-refractivity contribution in [3.05, 3.63) is 60.0 Å². The van der Waals surface area contributed by atoms with Crippen LogP contribution in [0.2, 0.25) is 0 Å². The van der Waals surface area contributed by atoms with Crippen LogP contribution in [0.15, 0.2) is 48.8 Å². The van der Waals surface area contributed by atoms with Crippen LogP contribution >= 0.6 is 0 Å². The van der Waals surface area contributed by atoms with Crippen molar-refractivity contribution in [1.29, 1.82) is 0 Å². The minimum atomic E-state index is 0.541. The van der Waals surface area contributed by atoms with E-state index in [1.807, 2.05) is 35.6 Å². The average molecular weight is 334 g/mol. The van der Waals surface area contributed by atoms with Gasteiger partial charge in [-0.1, -0.05) is 30.3 Å². The first-order valence-electron chi connectivity index (χ1n) is 8.11. The van der Waals surface area contributed by atoms with Crippen LogP contribution in [0.3, 0.4) is 0 Å². The summed E-state index contributed by atoms with van der Waals surface area (Å²) in [6.45, 7) is 2.49. The molecule has 3 heterocycles. The number of rotatable bonds is 5. The molecule has 6 nitrogen and oxygen atoms in total. The van der Waals surface area contributed by atoms with Crippen LogP contribution in [0.25, 0.3) is 16.7 Å². The number of aromatic nitrogens is 4. The fourth-order valence-corrected chi connectivity index (χ4v) is 2.83. The Kier molecular flexibility index (Phi) is 3.93. The number of benzene rings is 1. The molecule has 0 fully saturated rings. The van der Waals surface area contributed by atoms with Gasteiger partial charge in [0.2, 0.25) is 11.8 Å². The molecule has 0 saturated carbocycles. The lowest BCUT2D eigenvalue weighted by Crippen LogP contribution is -2.06. The molecule has 0 spiro atoms. The molecular weight excluding hydrogens is 316 g/mol. The molecule has 3 aromatic heterocycles. The Hall–Kier alpha value is -3.15. The van der Waals surface area contributed by atoms with Gasteiger partial charge in [-0.25, -0.2) is 9.97 Å². The average Bonchev–Trinajstić information content (AvgIpc) is 3.05. The molecule has 126 valence electrons. The van der Waals surface area contributed by atoms with Gasteiger partial charge in [-0.3, -0.25) is 4.40 Å². The Morgan fingerprint density at radius 3 is 2.68 bits per heavy atom. The van der Waals surface area contributed by atoms with Crippen molar-refractivity contribution in [2.75, 3.05) is 13.7 Å². The second kappa shape index (κ2) is 6.39. The van der Waals surface area contributed by atoms with Crippen LogP contribution in [-0.4, -0.2) is 33.1 Å². The first-order valence-corrected chi connectivity index (χ1v) is 8.11. The van der Waals surface area contributed by atoms with E-state index < -0.39 is 0 Å². The van der Waals surface area contributed by atoms with Gasteiger partial charge >= 0.3 is 0 Å². The molecule has 0 aliphatic carbocycles. The minimum Gasteiger partial charge on any atom is -0.481 e. The number of methoxy groups -OCH3 is 1. The predicted octanol–water partition coefficient (Wildman–Crippen LogP) is 3.22. The van der Waals surface area contributed by atoms with Crippen LogP contribution < -0.4 is 9.47 Å². The van der Waals surface area contributed by atoms with E-state index in [4.69, 9.17) is 9.47 Å². The molecule has 4 aromatic rings. The largest absolute Gasteiger partial charge is 0.481 e. The monoisotopic (exact) mass is 334 g/mol. The Morgan fingerprint density at radius 2 is 1.88 bits per heavy atom. The number of fused-ring (bicyclic) bond motifs is 3. The van der Waals surface area contributed by atoms with Gasteiger partial charge in [0, 0.05) is 12.5 Å². The highest BCUT2D eigenvalue weighted by atomic mass is 16.5. The highest BCUT2D eigenvalue weighted by molar-refractivity contribution is 5.79. The SMILES string of the molecule is COc1ccc2nc(OCCc3ccccc3)c3c(C)ncn3c2n1. The first kappa shape index (κ1) is 15.4. The van der Waals surface area contributed by atoms with E-state index in [2.05, 4.69) is 27.1 Å². The maximum Gasteiger partial charge on any atom is 0.241 e. The maximum absolute atomic E-state index is 6.00. The van der Waals surface area contributed by atoms with Crippen molar-refractivity contribution >= 4 is 16.7 Å². The van der Waals surface area contributed by atoms with Crippen molar-refractivity contribution in [3.8, 4) is 11.8 Å². The summed E-state index contributed by atoms with van der Waals surface area (Å²) in [5.74, 6) is 1.12. The van der Waals surface area contributed by atoms with Crippen molar-refractivity contribution in [1.82, 2.24) is 19.4 Å². The molecule has 0 aliphatic rings. The molecule has 0 radical (unpaired) electrons. The van der Waals surface area contributed by atoms with Gasteiger partial charge in [0.05, 0.1) is 19.4 Å². The zero-order chi connectivity index (χ0) is 17.2. The normalized spacial score (nSPS) is 11.1. The van der Waals surface area contributed by atoms with Gasteiger partial charge in [-0.05, 0) is 18.6 Å². The number of hydrogen-bond acceptors (Lipinski definition) is 5. The van der Waals surface area contributed by atoms with Gasteiger partial charge in [-0.2, -0.15) is 4.98 Å². The maximum atomic E-state index is 6.00. The van der Waals surface area contributed by atoms with Gasteiger partial charge < -0.3 is 9.47 Å². The van der Waals surface area contributed by atoms with E-state index in [-0.39, 0.29) is 0 Å². The number of imidazole rings is 1. The van der Waals surface area contributed by atoms with Crippen molar-refractivity contribution in [3.63, 3.8) is 0 Å². The number of nitrogens with zero attached hydrogens (tertiary/aromatic N) is 4. The summed E-state index contributed by atoms with van der Waals surface area (Å²) in [6.07, 6.45) is 2.56. The Labute approximate surface area is 145 Å². The Morgan fingerprint density at radius 1 is 1.04 bits per heavy atom. The van der Waals surface area contributed by atoms with Gasteiger partial charge in [-0.15, -0.1) is 0 Å². The van der Waals surface area contributed by atoms with Gasteiger partial charge in [0.15, 0.2) is 5.65 Å². The highest BCUT2D eigenvalue weighted by Gasteiger charge is 2.14. The van der Waals surface area contributed by atoms with Crippen LogP contribution in [-0.2, 0) is 6.42 Å². The summed E-state index contributed by atoms with van der Waals surface area (Å²) in [5, 5.41) is 0. The summed E-state index contributed by atoms with van der Waals surface area (Å²) in [4.78, 5) is 13.5. The molecule has 4 rings (SSSR count). The zero-order valence-electron chi connectivity index (χ0n) is 14.1. The van der Waals surface area contributed by atoms with Crippen molar-refractivity contribution in [2.24, 2.45) is 0 Å². The molecule has 0 unspecified atom stereocenters. The summed E-state index contributed by atoms with van der Waals surface area (Å²) in [5.41, 5.74) is 4.36. The molecular formula is C19H18N4O2. The first-order chi connectivity index (χ1) is 12.3. The van der Waals surface area contributed by atoms with Crippen LogP contribution in [0.1, 0.15) is 11.3 Å². The lowest BCUT2D eigenvalue weighted by Gasteiger charge is -2.10. The molecule has 0 amide bonds. The van der Waals surface area contributed by atoms with Gasteiger partial charge in [0.25, 0.3) is 0 Å². The molecule has 0 aliphatic heterocycles. The minimum absolute atomic E-state index is 0.541. The Bertz CT molecular complexity index is 1030. The second-order valence-electron chi connectivity index (χ2n) is 5.75. The molecule has 25 heavy (non-hydrogen) atoms. The fraction of sp³-hybridized carbons (Fsp3) is 0.211. The van der Waals surface area contributed by atoms with Crippen LogP contribution in [0.5, 0.6) is 11.8 Å². The molecule has 6 heteroatoms. The molecule has 0 N–H and O–H groups in total. The number of hydrogen-bond donors (Lipinski definition) is 0. The van der Waals surface area contributed by atoms with Crippen molar-refractivity contribution in [2.45, 2.75) is 13.3 Å². The molecule has 1 aromatic carbocycles. The lowest BCUT2D eigenvalue weighted by atomic mass is 10.2. The molecule has 0 bridgehead atoms. The summed E-state index contributed by atoms with van der Waals surface area (Å²) in [6, 6.07) is 13.9. The third-order valence-electron chi connectivity index (χ3n) is 4.11. The second-order valence-corrected chi connectivity index (χ2v) is 5.75. The predicted molar refractivity (Wildman–Crippen MR) is 95.2 cm³/mol. The standard InChI is InChI=1S/C19H18N4O2/c1-13-17-19(25-11-10-14-6-4-3-5-7-14)21-15-8-9-16(24-2)22-18(15)23(17)12-20-13/h3-9,12H,10-11H2,1-2H3. The van der Waals surface area contributed by atoms with E-state index in [1.54, 1.807) is 19.5 Å². The van der Waals surface area contributed by atoms with Crippen molar-refractivity contribution < 1.29 is 9.47 Å². The number of pyridine rings is 1. The summed E-state index contributed by atoms with van der Waals surface area (Å²) < 4.78 is 13.1. The van der Waals surface area contributed by atoms with E-state index in [1.165, 1.54) is 5.56 Å². The third-order valence-corrected chi connectivity index (χ3v) is 4.11. The highest BCUT2D eigenvalue weighted by Crippen LogP contribution is 2.26. The van der Waals surface area contributed by atoms with E-state index in [0.29, 0.717) is 24.0 Å². The Balaban J connectivity index is 1.71. The number of ether oxygens (including phenoxy) is 2. The number of aryl methyl sites for hydroxylation is 1. The molecule has 0 saturated heterocycles. The summed E-state index contributed by atoms with van der Waals surface area (Å²) in [7, 11) is 1.60. The van der Waals surface area contributed by atoms with Gasteiger partial charge in [0.1, 0.15) is 17.4 Å². The fourth-order valence-electron chi connectivity index (χ4n) is 2.83. The van der Waals surface area contributed by atoms with E-state index in [9.17, 15) is 0 Å². The molecule has 0 atom stereocenters. The summed E-state index contributed by atoms with van der Waals surface area (Å²) >= 11 is 0. The van der Waals surface area contributed by atoms with E-state index in [0.717, 1.165) is 23.1 Å². The topological polar surface area (TPSA) is 61.5 Å². The zero-order valence-corrected chi connectivity index (χ0v) is 14.1. The quantitative estimate of drug-likeness (QED) is 0.561.